The number of hydrogen-bond acceptors (Lipinski definition) is 4. The van der Waals surface area contributed by atoms with Gasteiger partial charge in [0, 0.05) is 5.08 Å². The monoisotopic (exact) mass is 188 g/mol. The highest BCUT2D eigenvalue weighted by Gasteiger charge is 2.15. The van der Waals surface area contributed by atoms with Gasteiger partial charge in [0.1, 0.15) is 6.42 Å². The van der Waals surface area contributed by atoms with Crippen molar-refractivity contribution in [3.8, 4) is 6.07 Å². The van der Waals surface area contributed by atoms with Crippen LogP contribution in [0.5, 0.6) is 0 Å². The van der Waals surface area contributed by atoms with Crippen LogP contribution in [0.2, 0.25) is 0 Å². The Hall–Kier alpha value is -0.340. The molecule has 11 heavy (non-hydrogen) atoms. The average molecular weight is 188 g/mol. The van der Waals surface area contributed by atoms with Gasteiger partial charge >= 0.3 is 0 Å². The molecule has 0 saturated carbocycles. The summed E-state index contributed by atoms with van der Waals surface area (Å²) in [5.74, 6) is 1.44. The Morgan fingerprint density at radius 3 is 2.73 bits per heavy atom. The van der Waals surface area contributed by atoms with Gasteiger partial charge in [-0.1, -0.05) is 0 Å². The number of rotatable bonds is 1. The van der Waals surface area contributed by atoms with Gasteiger partial charge in [-0.2, -0.15) is 5.26 Å². The van der Waals surface area contributed by atoms with Crippen LogP contribution in [0, 0.1) is 11.3 Å². The first-order valence-corrected chi connectivity index (χ1v) is 5.46. The number of amides is 1. The van der Waals surface area contributed by atoms with Gasteiger partial charge in [-0.05, 0) is 0 Å². The van der Waals surface area contributed by atoms with Crippen molar-refractivity contribution < 1.29 is 4.79 Å². The lowest BCUT2D eigenvalue weighted by molar-refractivity contribution is -0.128. The van der Waals surface area contributed by atoms with Gasteiger partial charge < -0.3 is 4.90 Å². The molecule has 1 aliphatic rings. The highest BCUT2D eigenvalue weighted by atomic mass is 32.2. The summed E-state index contributed by atoms with van der Waals surface area (Å²) in [6.45, 7) is 0. The first-order chi connectivity index (χ1) is 5.34. The van der Waals surface area contributed by atoms with E-state index in [1.165, 1.54) is 0 Å². The zero-order valence-electron chi connectivity index (χ0n) is 5.95. The molecular weight excluding hydrogens is 180 g/mol. The van der Waals surface area contributed by atoms with E-state index >= 15 is 0 Å². The normalized spacial score (nSPS) is 17.5. The predicted octanol–water partition coefficient (Wildman–Crippen LogP) is 1.08. The van der Waals surface area contributed by atoms with Gasteiger partial charge in [-0.25, -0.2) is 0 Å². The molecule has 5 heteroatoms. The Balaban J connectivity index is 2.34. The van der Waals surface area contributed by atoms with E-state index in [0.717, 1.165) is 16.8 Å². The van der Waals surface area contributed by atoms with E-state index < -0.39 is 0 Å². The molecule has 0 N–H and O–H groups in total. The molecule has 1 fully saturated rings. The number of nitrogens with zero attached hydrogens (tertiary/aromatic N) is 2. The lowest BCUT2D eigenvalue weighted by Crippen LogP contribution is -2.32. The van der Waals surface area contributed by atoms with Crippen LogP contribution in [0.4, 0.5) is 0 Å². The van der Waals surface area contributed by atoms with E-state index in [9.17, 15) is 4.79 Å². The number of carbonyl (C=O) groups excluding carboxylic acids is 1. The molecule has 0 atom stereocenters. The fourth-order valence-electron chi connectivity index (χ4n) is 0.715. The maximum absolute atomic E-state index is 11.1. The van der Waals surface area contributed by atoms with Crippen LogP contribution in [0.25, 0.3) is 0 Å². The maximum Gasteiger partial charge on any atom is 0.238 e. The molecule has 3 nitrogen and oxygen atoms in total. The Labute approximate surface area is 74.1 Å². The van der Waals surface area contributed by atoms with E-state index in [-0.39, 0.29) is 12.3 Å². The van der Waals surface area contributed by atoms with Gasteiger partial charge in [-0.15, -0.1) is 23.5 Å². The standard InChI is InChI=1S/C6H8N2OS2/c7-2-1-6(9)8-3-10-5-11-4-8/h1,3-5H2. The third-order valence-electron chi connectivity index (χ3n) is 1.24. The molecule has 0 aliphatic carbocycles. The van der Waals surface area contributed by atoms with Crippen molar-refractivity contribution in [1.29, 1.82) is 5.26 Å². The quantitative estimate of drug-likeness (QED) is 0.617. The number of thioether (sulfide) groups is 2. The molecule has 0 radical (unpaired) electrons. The molecule has 60 valence electrons. The molecule has 0 unspecified atom stereocenters. The van der Waals surface area contributed by atoms with Crippen LogP contribution in [-0.2, 0) is 4.79 Å². The van der Waals surface area contributed by atoms with Crippen molar-refractivity contribution in [2.45, 2.75) is 6.42 Å². The first-order valence-electron chi connectivity index (χ1n) is 3.15. The third-order valence-corrected chi connectivity index (χ3v) is 3.57. The Bertz CT molecular complexity index is 184. The highest BCUT2D eigenvalue weighted by Crippen LogP contribution is 2.21. The summed E-state index contributed by atoms with van der Waals surface area (Å²) in [5.41, 5.74) is 0. The van der Waals surface area contributed by atoms with Crippen LogP contribution in [-0.4, -0.2) is 27.6 Å². The van der Waals surface area contributed by atoms with Gasteiger partial charge in [0.15, 0.2) is 0 Å². The molecule has 1 amide bonds. The molecule has 0 aromatic rings. The van der Waals surface area contributed by atoms with Gasteiger partial charge in [0.2, 0.25) is 5.91 Å². The second-order valence-electron chi connectivity index (χ2n) is 2.05. The Morgan fingerprint density at radius 2 is 2.18 bits per heavy atom. The summed E-state index contributed by atoms with van der Waals surface area (Å²) in [5, 5.41) is 9.31. The summed E-state index contributed by atoms with van der Waals surface area (Å²) in [6.07, 6.45) is 0.0150. The molecule has 1 rings (SSSR count). The SMILES string of the molecule is N#CCC(=O)N1CSCSC1. The topological polar surface area (TPSA) is 44.1 Å². The van der Waals surface area contributed by atoms with E-state index in [1.807, 2.05) is 6.07 Å². The van der Waals surface area contributed by atoms with E-state index in [4.69, 9.17) is 5.26 Å². The van der Waals surface area contributed by atoms with Crippen molar-refractivity contribution in [1.82, 2.24) is 4.90 Å². The molecule has 0 spiro atoms. The zero-order chi connectivity index (χ0) is 8.10. The summed E-state index contributed by atoms with van der Waals surface area (Å²) >= 11 is 3.43. The summed E-state index contributed by atoms with van der Waals surface area (Å²) in [7, 11) is 0. The Morgan fingerprint density at radius 1 is 1.55 bits per heavy atom. The summed E-state index contributed by atoms with van der Waals surface area (Å²) in [4.78, 5) is 12.8. The van der Waals surface area contributed by atoms with Crippen LogP contribution in [0.3, 0.4) is 0 Å². The smallest absolute Gasteiger partial charge is 0.238 e. The van der Waals surface area contributed by atoms with Crippen molar-refractivity contribution in [3.05, 3.63) is 0 Å². The molecular formula is C6H8N2OS2. The highest BCUT2D eigenvalue weighted by molar-refractivity contribution is 8.16. The van der Waals surface area contributed by atoms with Gasteiger partial charge in [0.05, 0.1) is 17.8 Å². The lowest BCUT2D eigenvalue weighted by atomic mass is 10.4. The van der Waals surface area contributed by atoms with Crippen LogP contribution in [0.1, 0.15) is 6.42 Å². The minimum absolute atomic E-state index is 0.0150. The van der Waals surface area contributed by atoms with Crippen molar-refractivity contribution in [2.24, 2.45) is 0 Å². The maximum atomic E-state index is 11.1. The van der Waals surface area contributed by atoms with E-state index in [2.05, 4.69) is 0 Å². The van der Waals surface area contributed by atoms with Crippen molar-refractivity contribution in [3.63, 3.8) is 0 Å². The number of carbonyl (C=O) groups is 1. The largest absolute Gasteiger partial charge is 0.323 e. The second kappa shape index (κ2) is 4.52. The molecule has 0 aromatic heterocycles. The number of nitriles is 1. The summed E-state index contributed by atoms with van der Waals surface area (Å²) in [6, 6.07) is 1.86. The van der Waals surface area contributed by atoms with Crippen LogP contribution in [0.15, 0.2) is 0 Å². The fourth-order valence-corrected chi connectivity index (χ4v) is 2.81. The average Bonchev–Trinajstić information content (AvgIpc) is 2.07. The molecule has 1 saturated heterocycles. The lowest BCUT2D eigenvalue weighted by Gasteiger charge is -2.24. The van der Waals surface area contributed by atoms with Gasteiger partial charge in [0.25, 0.3) is 0 Å². The molecule has 0 aromatic carbocycles. The van der Waals surface area contributed by atoms with Crippen LogP contribution >= 0.6 is 23.5 Å². The third kappa shape index (κ3) is 2.64. The van der Waals surface area contributed by atoms with E-state index in [0.29, 0.717) is 0 Å². The Kier molecular flexibility index (Phi) is 3.60. The second-order valence-corrected chi connectivity index (χ2v) is 4.33. The molecule has 1 aliphatic heterocycles. The molecule has 1 heterocycles. The van der Waals surface area contributed by atoms with Crippen molar-refractivity contribution >= 4 is 29.4 Å². The first kappa shape index (κ1) is 8.75. The zero-order valence-corrected chi connectivity index (χ0v) is 7.58. The van der Waals surface area contributed by atoms with Crippen molar-refractivity contribution in [2.75, 3.05) is 16.8 Å². The number of hydrogen-bond donors (Lipinski definition) is 0. The minimum atomic E-state index is -0.0489. The van der Waals surface area contributed by atoms with Gasteiger partial charge in [-0.3, -0.25) is 4.79 Å². The minimum Gasteiger partial charge on any atom is -0.323 e. The predicted molar refractivity (Wildman–Crippen MR) is 46.9 cm³/mol. The molecule has 0 bridgehead atoms. The fraction of sp³-hybridized carbons (Fsp3) is 0.667. The van der Waals surface area contributed by atoms with E-state index in [1.54, 1.807) is 28.4 Å². The summed E-state index contributed by atoms with van der Waals surface area (Å²) < 4.78 is 0. The van der Waals surface area contributed by atoms with Crippen LogP contribution < -0.4 is 0 Å².